The Bertz CT molecular complexity index is 462. The zero-order valence-electron chi connectivity index (χ0n) is 9.90. The molecule has 2 rings (SSSR count). The highest BCUT2D eigenvalue weighted by Gasteiger charge is 2.18. The van der Waals surface area contributed by atoms with Crippen molar-refractivity contribution in [1.29, 1.82) is 0 Å². The Hall–Kier alpha value is -0.430. The minimum absolute atomic E-state index is 0.411. The number of nitrogens with one attached hydrogen (secondary N) is 2. The first-order valence-electron chi connectivity index (χ1n) is 5.87. The van der Waals surface area contributed by atoms with Gasteiger partial charge in [0.15, 0.2) is 0 Å². The molecule has 1 fully saturated rings. The van der Waals surface area contributed by atoms with Gasteiger partial charge in [-0.3, -0.25) is 0 Å². The average molecular weight is 274 g/mol. The van der Waals surface area contributed by atoms with Crippen LogP contribution >= 0.6 is 11.3 Å². The Balaban J connectivity index is 1.85. The first kappa shape index (κ1) is 13.0. The molecule has 0 bridgehead atoms. The Morgan fingerprint density at radius 3 is 2.94 bits per heavy atom. The van der Waals surface area contributed by atoms with Crippen LogP contribution in [-0.2, 0) is 10.0 Å². The normalized spacial score (nSPS) is 20.9. The van der Waals surface area contributed by atoms with Crippen molar-refractivity contribution >= 4 is 21.4 Å². The van der Waals surface area contributed by atoms with E-state index in [-0.39, 0.29) is 0 Å². The summed E-state index contributed by atoms with van der Waals surface area (Å²) in [7, 11) is -3.29. The summed E-state index contributed by atoms with van der Waals surface area (Å²) in [6, 6.07) is 3.97. The SMILES string of the molecule is Cc1ccc(S(=O)(=O)NCC[C@@H]2CCCN2)s1. The standard InChI is InChI=1S/C11H18N2O2S2/c1-9-4-5-11(16-9)17(14,15)13-8-6-10-3-2-7-12-10/h4-5,10,12-13H,2-3,6-8H2,1H3/t10-/m0/s1. The molecule has 96 valence electrons. The van der Waals surface area contributed by atoms with Crippen LogP contribution in [0, 0.1) is 6.92 Å². The molecular formula is C11H18N2O2S2. The van der Waals surface area contributed by atoms with Gasteiger partial charge in [-0.15, -0.1) is 11.3 Å². The van der Waals surface area contributed by atoms with Gasteiger partial charge in [-0.1, -0.05) is 0 Å². The molecular weight excluding hydrogens is 256 g/mol. The molecule has 0 amide bonds. The van der Waals surface area contributed by atoms with E-state index in [4.69, 9.17) is 0 Å². The van der Waals surface area contributed by atoms with Gasteiger partial charge in [-0.05, 0) is 44.9 Å². The molecule has 1 aromatic heterocycles. The van der Waals surface area contributed by atoms with Crippen LogP contribution in [0.5, 0.6) is 0 Å². The average Bonchev–Trinajstić information content (AvgIpc) is 2.89. The fraction of sp³-hybridized carbons (Fsp3) is 0.636. The molecule has 0 unspecified atom stereocenters. The van der Waals surface area contributed by atoms with Gasteiger partial charge in [-0.25, -0.2) is 13.1 Å². The molecule has 1 atom stereocenters. The fourth-order valence-electron chi connectivity index (χ4n) is 2.00. The summed E-state index contributed by atoms with van der Waals surface area (Å²) in [6.45, 7) is 3.48. The van der Waals surface area contributed by atoms with Gasteiger partial charge in [0.05, 0.1) is 0 Å². The highest BCUT2D eigenvalue weighted by molar-refractivity contribution is 7.91. The Morgan fingerprint density at radius 1 is 1.53 bits per heavy atom. The van der Waals surface area contributed by atoms with Gasteiger partial charge in [0, 0.05) is 17.5 Å². The maximum absolute atomic E-state index is 11.9. The van der Waals surface area contributed by atoms with E-state index >= 15 is 0 Å². The zero-order chi connectivity index (χ0) is 12.3. The largest absolute Gasteiger partial charge is 0.314 e. The van der Waals surface area contributed by atoms with E-state index < -0.39 is 10.0 Å². The van der Waals surface area contributed by atoms with Crippen LogP contribution in [-0.4, -0.2) is 27.5 Å². The van der Waals surface area contributed by atoms with E-state index in [1.165, 1.54) is 17.8 Å². The van der Waals surface area contributed by atoms with Crippen molar-refractivity contribution in [2.75, 3.05) is 13.1 Å². The second-order valence-electron chi connectivity index (χ2n) is 4.34. The first-order valence-corrected chi connectivity index (χ1v) is 8.17. The van der Waals surface area contributed by atoms with Crippen LogP contribution in [0.3, 0.4) is 0 Å². The van der Waals surface area contributed by atoms with E-state index in [0.717, 1.165) is 24.3 Å². The van der Waals surface area contributed by atoms with Crippen LogP contribution in [0.25, 0.3) is 0 Å². The van der Waals surface area contributed by atoms with Crippen LogP contribution in [0.15, 0.2) is 16.3 Å². The van der Waals surface area contributed by atoms with Gasteiger partial charge < -0.3 is 5.32 Å². The topological polar surface area (TPSA) is 58.2 Å². The summed E-state index contributed by atoms with van der Waals surface area (Å²) in [5, 5.41) is 3.35. The summed E-state index contributed by atoms with van der Waals surface area (Å²) in [6.07, 6.45) is 3.21. The fourth-order valence-corrected chi connectivity index (χ4v) is 4.37. The Morgan fingerprint density at radius 2 is 2.35 bits per heavy atom. The van der Waals surface area contributed by atoms with E-state index in [9.17, 15) is 8.42 Å². The first-order chi connectivity index (χ1) is 8.08. The van der Waals surface area contributed by atoms with Crippen LogP contribution in [0.2, 0.25) is 0 Å². The Labute approximate surface area is 106 Å². The number of thiophene rings is 1. The lowest BCUT2D eigenvalue weighted by Gasteiger charge is -2.10. The quantitative estimate of drug-likeness (QED) is 0.855. The predicted octanol–water partition coefficient (Wildman–Crippen LogP) is 1.48. The number of rotatable bonds is 5. The van der Waals surface area contributed by atoms with E-state index in [0.29, 0.717) is 16.8 Å². The second kappa shape index (κ2) is 5.48. The highest BCUT2D eigenvalue weighted by atomic mass is 32.2. The van der Waals surface area contributed by atoms with Crippen molar-refractivity contribution < 1.29 is 8.42 Å². The summed E-state index contributed by atoms with van der Waals surface area (Å²) in [5.74, 6) is 0. The van der Waals surface area contributed by atoms with E-state index in [1.54, 1.807) is 6.07 Å². The lowest BCUT2D eigenvalue weighted by Crippen LogP contribution is -2.30. The van der Waals surface area contributed by atoms with Gasteiger partial charge in [-0.2, -0.15) is 0 Å². The lowest BCUT2D eigenvalue weighted by atomic mass is 10.2. The molecule has 0 aliphatic carbocycles. The third-order valence-corrected chi connectivity index (χ3v) is 5.88. The molecule has 1 saturated heterocycles. The van der Waals surface area contributed by atoms with Crippen LogP contribution in [0.4, 0.5) is 0 Å². The summed E-state index contributed by atoms with van der Waals surface area (Å²) in [4.78, 5) is 1.02. The molecule has 1 aliphatic heterocycles. The summed E-state index contributed by atoms with van der Waals surface area (Å²) >= 11 is 1.31. The van der Waals surface area contributed by atoms with Crippen molar-refractivity contribution in [1.82, 2.24) is 10.0 Å². The lowest BCUT2D eigenvalue weighted by molar-refractivity contribution is 0.540. The number of hydrogen-bond donors (Lipinski definition) is 2. The minimum atomic E-state index is -3.29. The van der Waals surface area contributed by atoms with E-state index in [2.05, 4.69) is 10.0 Å². The van der Waals surface area contributed by atoms with Gasteiger partial charge in [0.2, 0.25) is 10.0 Å². The van der Waals surface area contributed by atoms with Crippen LogP contribution in [0.1, 0.15) is 24.1 Å². The van der Waals surface area contributed by atoms with Gasteiger partial charge >= 0.3 is 0 Å². The third kappa shape index (κ3) is 3.51. The van der Waals surface area contributed by atoms with Crippen molar-refractivity contribution in [2.24, 2.45) is 0 Å². The van der Waals surface area contributed by atoms with E-state index in [1.807, 2.05) is 13.0 Å². The predicted molar refractivity (Wildman–Crippen MR) is 69.9 cm³/mol. The molecule has 4 nitrogen and oxygen atoms in total. The molecule has 17 heavy (non-hydrogen) atoms. The minimum Gasteiger partial charge on any atom is -0.314 e. The molecule has 0 radical (unpaired) electrons. The Kier molecular flexibility index (Phi) is 4.19. The molecule has 0 spiro atoms. The van der Waals surface area contributed by atoms with Crippen molar-refractivity contribution in [3.63, 3.8) is 0 Å². The smallest absolute Gasteiger partial charge is 0.250 e. The van der Waals surface area contributed by atoms with Gasteiger partial charge in [0.25, 0.3) is 0 Å². The summed E-state index contributed by atoms with van der Waals surface area (Å²) in [5.41, 5.74) is 0. The molecule has 0 saturated carbocycles. The van der Waals surface area contributed by atoms with Crippen molar-refractivity contribution in [3.05, 3.63) is 17.0 Å². The molecule has 2 N–H and O–H groups in total. The number of hydrogen-bond acceptors (Lipinski definition) is 4. The number of aryl methyl sites for hydroxylation is 1. The second-order valence-corrected chi connectivity index (χ2v) is 7.63. The maximum atomic E-state index is 11.9. The van der Waals surface area contributed by atoms with Gasteiger partial charge in [0.1, 0.15) is 4.21 Å². The third-order valence-electron chi connectivity index (χ3n) is 2.93. The molecule has 1 aliphatic rings. The number of sulfonamides is 1. The van der Waals surface area contributed by atoms with Crippen molar-refractivity contribution in [2.45, 2.75) is 36.4 Å². The maximum Gasteiger partial charge on any atom is 0.250 e. The van der Waals surface area contributed by atoms with Crippen molar-refractivity contribution in [3.8, 4) is 0 Å². The zero-order valence-corrected chi connectivity index (χ0v) is 11.5. The highest BCUT2D eigenvalue weighted by Crippen LogP contribution is 2.20. The molecule has 6 heteroatoms. The molecule has 2 heterocycles. The summed E-state index contributed by atoms with van der Waals surface area (Å²) < 4.78 is 26.9. The van der Waals surface area contributed by atoms with Crippen LogP contribution < -0.4 is 10.0 Å². The molecule has 0 aromatic carbocycles. The molecule has 1 aromatic rings. The monoisotopic (exact) mass is 274 g/mol.